The maximum Gasteiger partial charge on any atom is 0.232 e. The van der Waals surface area contributed by atoms with Gasteiger partial charge in [0.25, 0.3) is 0 Å². The lowest BCUT2D eigenvalue weighted by atomic mass is 10.1. The molecule has 0 radical (unpaired) electrons. The van der Waals surface area contributed by atoms with Gasteiger partial charge in [-0.3, -0.25) is 4.79 Å². The summed E-state index contributed by atoms with van der Waals surface area (Å²) < 4.78 is 26.8. The number of carbonyl (C=O) groups excluding carboxylic acids is 1. The zero-order chi connectivity index (χ0) is 20.7. The van der Waals surface area contributed by atoms with Gasteiger partial charge in [0.05, 0.1) is 20.1 Å². The number of methoxy groups -OCH3 is 2. The Bertz CT molecular complexity index is 1110. The Morgan fingerprint density at radius 3 is 2.70 bits per heavy atom. The molecule has 5 rings (SSSR count). The lowest BCUT2D eigenvalue weighted by Gasteiger charge is -2.16. The van der Waals surface area contributed by atoms with Gasteiger partial charge in [-0.05, 0) is 30.3 Å². The molecule has 1 amide bonds. The summed E-state index contributed by atoms with van der Waals surface area (Å²) in [5.74, 6) is 3.16. The lowest BCUT2D eigenvalue weighted by molar-refractivity contribution is -0.117. The molecule has 9 heteroatoms. The fourth-order valence-corrected chi connectivity index (χ4v) is 3.67. The number of rotatable bonds is 5. The smallest absolute Gasteiger partial charge is 0.232 e. The van der Waals surface area contributed by atoms with Crippen molar-refractivity contribution in [3.05, 3.63) is 42.3 Å². The van der Waals surface area contributed by atoms with Crippen molar-refractivity contribution in [1.82, 2.24) is 10.1 Å². The van der Waals surface area contributed by atoms with Crippen molar-refractivity contribution < 1.29 is 28.3 Å². The molecule has 1 aromatic heterocycles. The topological polar surface area (TPSA) is 96.2 Å². The molecule has 2 aromatic carbocycles. The highest BCUT2D eigenvalue weighted by Crippen LogP contribution is 2.39. The third-order valence-electron chi connectivity index (χ3n) is 5.23. The van der Waals surface area contributed by atoms with Crippen molar-refractivity contribution in [2.75, 3.05) is 32.5 Å². The van der Waals surface area contributed by atoms with Crippen LogP contribution in [0.3, 0.4) is 0 Å². The average molecular weight is 409 g/mol. The molecular weight excluding hydrogens is 390 g/mol. The zero-order valence-electron chi connectivity index (χ0n) is 16.5. The number of anilines is 1. The Labute approximate surface area is 172 Å². The molecule has 1 fully saturated rings. The Balaban J connectivity index is 1.36. The molecule has 154 valence electrons. The first kappa shape index (κ1) is 18.3. The fourth-order valence-electron chi connectivity index (χ4n) is 3.67. The van der Waals surface area contributed by atoms with Crippen LogP contribution in [-0.2, 0) is 4.79 Å². The van der Waals surface area contributed by atoms with E-state index in [0.29, 0.717) is 47.7 Å². The predicted octanol–water partition coefficient (Wildman–Crippen LogP) is 3.00. The molecule has 3 aromatic rings. The van der Waals surface area contributed by atoms with Crippen molar-refractivity contribution in [1.29, 1.82) is 0 Å². The van der Waals surface area contributed by atoms with Crippen LogP contribution in [0.1, 0.15) is 18.2 Å². The number of benzene rings is 2. The van der Waals surface area contributed by atoms with Crippen LogP contribution in [0.25, 0.3) is 11.4 Å². The number of hydrogen-bond donors (Lipinski definition) is 0. The Kier molecular flexibility index (Phi) is 4.42. The summed E-state index contributed by atoms with van der Waals surface area (Å²) in [6.45, 7) is 0.641. The number of carbonyl (C=O) groups is 1. The summed E-state index contributed by atoms with van der Waals surface area (Å²) in [6, 6.07) is 10.9. The molecule has 0 bridgehead atoms. The summed E-state index contributed by atoms with van der Waals surface area (Å²) in [6.07, 6.45) is 0.294. The summed E-state index contributed by atoms with van der Waals surface area (Å²) >= 11 is 0. The molecule has 30 heavy (non-hydrogen) atoms. The van der Waals surface area contributed by atoms with Crippen LogP contribution in [0.4, 0.5) is 5.69 Å². The average Bonchev–Trinajstić information content (AvgIpc) is 3.51. The van der Waals surface area contributed by atoms with E-state index in [4.69, 9.17) is 23.5 Å². The number of hydrogen-bond acceptors (Lipinski definition) is 8. The van der Waals surface area contributed by atoms with Gasteiger partial charge >= 0.3 is 0 Å². The number of ether oxygens (including phenoxy) is 4. The molecule has 3 heterocycles. The van der Waals surface area contributed by atoms with Crippen molar-refractivity contribution >= 4 is 11.6 Å². The second kappa shape index (κ2) is 7.25. The minimum atomic E-state index is -0.190. The fraction of sp³-hybridized carbons (Fsp3) is 0.286. The summed E-state index contributed by atoms with van der Waals surface area (Å²) in [4.78, 5) is 18.8. The van der Waals surface area contributed by atoms with E-state index in [1.165, 1.54) is 0 Å². The molecule has 2 aliphatic heterocycles. The number of fused-ring (bicyclic) bond motifs is 1. The van der Waals surface area contributed by atoms with Crippen LogP contribution in [0, 0.1) is 0 Å². The van der Waals surface area contributed by atoms with Crippen molar-refractivity contribution in [2.45, 2.75) is 12.3 Å². The van der Waals surface area contributed by atoms with E-state index >= 15 is 0 Å². The first-order chi connectivity index (χ1) is 14.7. The highest BCUT2D eigenvalue weighted by molar-refractivity contribution is 5.96. The van der Waals surface area contributed by atoms with E-state index in [9.17, 15) is 4.79 Å². The second-order valence-corrected chi connectivity index (χ2v) is 6.97. The van der Waals surface area contributed by atoms with Gasteiger partial charge < -0.3 is 28.4 Å². The van der Waals surface area contributed by atoms with Crippen LogP contribution >= 0.6 is 0 Å². The highest BCUT2D eigenvalue weighted by atomic mass is 16.7. The number of nitrogens with zero attached hydrogens (tertiary/aromatic N) is 3. The number of aromatic nitrogens is 2. The number of amides is 1. The summed E-state index contributed by atoms with van der Waals surface area (Å²) in [5, 5.41) is 4.08. The largest absolute Gasteiger partial charge is 0.493 e. The molecule has 0 saturated carbocycles. The third-order valence-corrected chi connectivity index (χ3v) is 5.23. The van der Waals surface area contributed by atoms with Crippen LogP contribution in [0.5, 0.6) is 23.0 Å². The summed E-state index contributed by atoms with van der Waals surface area (Å²) in [7, 11) is 3.14. The molecule has 1 atom stereocenters. The lowest BCUT2D eigenvalue weighted by Crippen LogP contribution is -2.24. The zero-order valence-corrected chi connectivity index (χ0v) is 16.5. The van der Waals surface area contributed by atoms with Crippen molar-refractivity contribution in [3.63, 3.8) is 0 Å². The molecule has 0 unspecified atom stereocenters. The van der Waals surface area contributed by atoms with Gasteiger partial charge in [0.15, 0.2) is 23.0 Å². The van der Waals surface area contributed by atoms with Crippen LogP contribution < -0.4 is 23.8 Å². The quantitative estimate of drug-likeness (QED) is 0.635. The monoisotopic (exact) mass is 409 g/mol. The van der Waals surface area contributed by atoms with E-state index in [1.54, 1.807) is 37.3 Å². The van der Waals surface area contributed by atoms with E-state index < -0.39 is 0 Å². The van der Waals surface area contributed by atoms with E-state index in [0.717, 1.165) is 11.3 Å². The Morgan fingerprint density at radius 2 is 1.87 bits per heavy atom. The standard InChI is InChI=1S/C21H19N3O6/c1-26-15-5-3-12(7-17(15)27-2)20-22-21(30-23-20)13-8-19(25)24(10-13)14-4-6-16-18(9-14)29-11-28-16/h3-7,9,13H,8,10-11H2,1-2H3/t13-/m1/s1. The molecular formula is C21H19N3O6. The predicted molar refractivity (Wildman–Crippen MR) is 105 cm³/mol. The van der Waals surface area contributed by atoms with E-state index in [1.807, 2.05) is 18.2 Å². The van der Waals surface area contributed by atoms with Crippen LogP contribution in [0.15, 0.2) is 40.9 Å². The first-order valence-corrected chi connectivity index (χ1v) is 9.42. The SMILES string of the molecule is COc1ccc(-c2noc([C@@H]3CC(=O)N(c4ccc5c(c4)OCO5)C3)n2)cc1OC. The van der Waals surface area contributed by atoms with Gasteiger partial charge in [-0.1, -0.05) is 5.16 Å². The molecule has 0 aliphatic carbocycles. The Hall–Kier alpha value is -3.75. The van der Waals surface area contributed by atoms with E-state index in [-0.39, 0.29) is 18.6 Å². The third kappa shape index (κ3) is 3.08. The van der Waals surface area contributed by atoms with Crippen molar-refractivity contribution in [3.8, 4) is 34.4 Å². The minimum absolute atomic E-state index is 0.00951. The van der Waals surface area contributed by atoms with Gasteiger partial charge in [0, 0.05) is 30.3 Å². The van der Waals surface area contributed by atoms with Crippen molar-refractivity contribution in [2.24, 2.45) is 0 Å². The molecule has 0 spiro atoms. The van der Waals surface area contributed by atoms with E-state index in [2.05, 4.69) is 10.1 Å². The van der Waals surface area contributed by atoms with Gasteiger partial charge in [0.2, 0.25) is 24.4 Å². The highest BCUT2D eigenvalue weighted by Gasteiger charge is 2.35. The van der Waals surface area contributed by atoms with Gasteiger partial charge in [-0.15, -0.1) is 0 Å². The molecule has 2 aliphatic rings. The van der Waals surface area contributed by atoms with Crippen LogP contribution in [-0.4, -0.2) is 43.6 Å². The van der Waals surface area contributed by atoms with Gasteiger partial charge in [-0.2, -0.15) is 4.98 Å². The molecule has 0 N–H and O–H groups in total. The maximum atomic E-state index is 12.6. The summed E-state index contributed by atoms with van der Waals surface area (Å²) in [5.41, 5.74) is 1.49. The minimum Gasteiger partial charge on any atom is -0.493 e. The normalized spacial score (nSPS) is 17.5. The van der Waals surface area contributed by atoms with Gasteiger partial charge in [0.1, 0.15) is 0 Å². The maximum absolute atomic E-state index is 12.6. The second-order valence-electron chi connectivity index (χ2n) is 6.97. The van der Waals surface area contributed by atoms with Crippen LogP contribution in [0.2, 0.25) is 0 Å². The molecule has 1 saturated heterocycles. The first-order valence-electron chi connectivity index (χ1n) is 9.42. The molecule has 9 nitrogen and oxygen atoms in total. The van der Waals surface area contributed by atoms with Gasteiger partial charge in [-0.25, -0.2) is 0 Å². The Morgan fingerprint density at radius 1 is 1.03 bits per heavy atom.